The summed E-state index contributed by atoms with van der Waals surface area (Å²) in [7, 11) is 0. The van der Waals surface area contributed by atoms with Gasteiger partial charge < -0.3 is 11.1 Å². The smallest absolute Gasteiger partial charge is 0.224 e. The molecule has 0 spiro atoms. The second-order valence-electron chi connectivity index (χ2n) is 6.92. The number of nitrogens with one attached hydrogen (secondary N) is 1. The van der Waals surface area contributed by atoms with E-state index in [0.717, 1.165) is 25.2 Å². The summed E-state index contributed by atoms with van der Waals surface area (Å²) in [5, 5.41) is 3.29. The van der Waals surface area contributed by atoms with Gasteiger partial charge >= 0.3 is 0 Å². The Labute approximate surface area is 124 Å². The van der Waals surface area contributed by atoms with Gasteiger partial charge in [-0.05, 0) is 44.4 Å². The Kier molecular flexibility index (Phi) is 6.34. The fraction of sp³-hybridized carbons (Fsp3) is 0.941. The van der Waals surface area contributed by atoms with Gasteiger partial charge in [0.25, 0.3) is 0 Å². The number of hydrogen-bond donors (Lipinski definition) is 2. The first-order valence-electron chi connectivity index (χ1n) is 8.76. The standard InChI is InChI=1S/C17H32N2O/c1-2-6-13-9-11-14(12-10-13)19-17(20)15-7-4-3-5-8-16(15)18/h13-16H,2-12,18H2,1H3,(H,19,20). The SMILES string of the molecule is CCCC1CCC(NC(=O)C2CCCCCC2N)CC1. The molecule has 0 aromatic carbocycles. The molecule has 2 aliphatic carbocycles. The second kappa shape index (κ2) is 8.02. The van der Waals surface area contributed by atoms with Gasteiger partial charge in [0.1, 0.15) is 0 Å². The summed E-state index contributed by atoms with van der Waals surface area (Å²) < 4.78 is 0. The van der Waals surface area contributed by atoms with Gasteiger partial charge in [0.05, 0.1) is 5.92 Å². The van der Waals surface area contributed by atoms with Crippen molar-refractivity contribution in [1.29, 1.82) is 0 Å². The van der Waals surface area contributed by atoms with Crippen molar-refractivity contribution < 1.29 is 4.79 Å². The predicted molar refractivity (Wildman–Crippen MR) is 83.3 cm³/mol. The number of nitrogens with two attached hydrogens (primary N) is 1. The number of rotatable bonds is 4. The van der Waals surface area contributed by atoms with Gasteiger partial charge in [0, 0.05) is 12.1 Å². The Morgan fingerprint density at radius 3 is 2.45 bits per heavy atom. The molecule has 2 rings (SSSR count). The number of amides is 1. The van der Waals surface area contributed by atoms with Crippen LogP contribution in [-0.2, 0) is 4.79 Å². The van der Waals surface area contributed by atoms with Crippen LogP contribution < -0.4 is 11.1 Å². The van der Waals surface area contributed by atoms with Crippen molar-refractivity contribution in [3.63, 3.8) is 0 Å². The summed E-state index contributed by atoms with van der Waals surface area (Å²) in [5.74, 6) is 1.19. The van der Waals surface area contributed by atoms with Gasteiger partial charge in [-0.25, -0.2) is 0 Å². The lowest BCUT2D eigenvalue weighted by Crippen LogP contribution is -2.46. The third-order valence-electron chi connectivity index (χ3n) is 5.30. The summed E-state index contributed by atoms with van der Waals surface area (Å²) in [6.45, 7) is 2.27. The van der Waals surface area contributed by atoms with Crippen LogP contribution in [0.4, 0.5) is 0 Å². The zero-order chi connectivity index (χ0) is 14.4. The highest BCUT2D eigenvalue weighted by Crippen LogP contribution is 2.28. The monoisotopic (exact) mass is 280 g/mol. The topological polar surface area (TPSA) is 55.1 Å². The molecule has 0 saturated heterocycles. The average molecular weight is 280 g/mol. The van der Waals surface area contributed by atoms with Crippen LogP contribution in [0, 0.1) is 11.8 Å². The van der Waals surface area contributed by atoms with Gasteiger partial charge in [-0.3, -0.25) is 4.79 Å². The van der Waals surface area contributed by atoms with Crippen molar-refractivity contribution in [2.45, 2.75) is 89.6 Å². The zero-order valence-electron chi connectivity index (χ0n) is 13.1. The molecule has 0 bridgehead atoms. The molecule has 1 amide bonds. The summed E-state index contributed by atoms with van der Waals surface area (Å²) in [6, 6.07) is 0.486. The lowest BCUT2D eigenvalue weighted by atomic mass is 9.83. The molecule has 2 fully saturated rings. The molecule has 2 unspecified atom stereocenters. The summed E-state index contributed by atoms with van der Waals surface area (Å²) in [4.78, 5) is 12.4. The summed E-state index contributed by atoms with van der Waals surface area (Å²) >= 11 is 0. The van der Waals surface area contributed by atoms with E-state index in [0.29, 0.717) is 6.04 Å². The molecule has 2 saturated carbocycles. The van der Waals surface area contributed by atoms with Crippen LogP contribution in [-0.4, -0.2) is 18.0 Å². The largest absolute Gasteiger partial charge is 0.353 e. The first kappa shape index (κ1) is 15.8. The van der Waals surface area contributed by atoms with E-state index < -0.39 is 0 Å². The molecule has 2 aliphatic rings. The van der Waals surface area contributed by atoms with Crippen molar-refractivity contribution in [1.82, 2.24) is 5.32 Å². The lowest BCUT2D eigenvalue weighted by Gasteiger charge is -2.31. The molecule has 116 valence electrons. The molecule has 0 aliphatic heterocycles. The molecular formula is C17H32N2O. The molecule has 0 radical (unpaired) electrons. The number of hydrogen-bond acceptors (Lipinski definition) is 2. The Balaban J connectivity index is 1.76. The van der Waals surface area contributed by atoms with E-state index in [1.54, 1.807) is 0 Å². The predicted octanol–water partition coefficient (Wildman–Crippen LogP) is 3.37. The quantitative estimate of drug-likeness (QED) is 0.776. The molecule has 3 heteroatoms. The Hall–Kier alpha value is -0.570. The van der Waals surface area contributed by atoms with Crippen LogP contribution in [0.25, 0.3) is 0 Å². The second-order valence-corrected chi connectivity index (χ2v) is 6.92. The van der Waals surface area contributed by atoms with Crippen LogP contribution in [0.2, 0.25) is 0 Å². The Morgan fingerprint density at radius 2 is 1.75 bits per heavy atom. The molecular weight excluding hydrogens is 248 g/mol. The lowest BCUT2D eigenvalue weighted by molar-refractivity contribution is -0.126. The number of carbonyl (C=O) groups is 1. The van der Waals surface area contributed by atoms with E-state index in [1.807, 2.05) is 0 Å². The highest BCUT2D eigenvalue weighted by Gasteiger charge is 2.29. The van der Waals surface area contributed by atoms with Crippen LogP contribution >= 0.6 is 0 Å². The minimum absolute atomic E-state index is 0.0610. The average Bonchev–Trinajstić information content (AvgIpc) is 2.66. The van der Waals surface area contributed by atoms with Crippen LogP contribution in [0.15, 0.2) is 0 Å². The van der Waals surface area contributed by atoms with Crippen LogP contribution in [0.1, 0.15) is 77.6 Å². The fourth-order valence-corrected chi connectivity index (χ4v) is 3.97. The molecule has 0 heterocycles. The van der Waals surface area contributed by atoms with Gasteiger partial charge in [-0.2, -0.15) is 0 Å². The maximum absolute atomic E-state index is 12.4. The van der Waals surface area contributed by atoms with E-state index >= 15 is 0 Å². The van der Waals surface area contributed by atoms with Crippen molar-refractivity contribution in [2.75, 3.05) is 0 Å². The molecule has 0 aromatic heterocycles. The van der Waals surface area contributed by atoms with E-state index in [4.69, 9.17) is 5.73 Å². The first-order chi connectivity index (χ1) is 9.70. The van der Waals surface area contributed by atoms with Crippen molar-refractivity contribution in [3.8, 4) is 0 Å². The highest BCUT2D eigenvalue weighted by molar-refractivity contribution is 5.79. The third-order valence-corrected chi connectivity index (χ3v) is 5.30. The van der Waals surface area contributed by atoms with Gasteiger partial charge in [0.2, 0.25) is 5.91 Å². The van der Waals surface area contributed by atoms with Crippen molar-refractivity contribution in [2.24, 2.45) is 17.6 Å². The summed E-state index contributed by atoms with van der Waals surface area (Å²) in [5.41, 5.74) is 6.19. The van der Waals surface area contributed by atoms with E-state index in [2.05, 4.69) is 12.2 Å². The first-order valence-corrected chi connectivity index (χ1v) is 8.76. The normalized spacial score (nSPS) is 35.3. The molecule has 3 N–H and O–H groups in total. The Bertz CT molecular complexity index is 297. The van der Waals surface area contributed by atoms with Crippen LogP contribution in [0.5, 0.6) is 0 Å². The van der Waals surface area contributed by atoms with Crippen molar-refractivity contribution in [3.05, 3.63) is 0 Å². The minimum Gasteiger partial charge on any atom is -0.353 e. The van der Waals surface area contributed by atoms with Crippen LogP contribution in [0.3, 0.4) is 0 Å². The van der Waals surface area contributed by atoms with Crippen molar-refractivity contribution >= 4 is 5.91 Å². The third kappa shape index (κ3) is 4.47. The van der Waals surface area contributed by atoms with E-state index in [9.17, 15) is 4.79 Å². The molecule has 20 heavy (non-hydrogen) atoms. The fourth-order valence-electron chi connectivity index (χ4n) is 3.97. The van der Waals surface area contributed by atoms with E-state index in [-0.39, 0.29) is 17.9 Å². The maximum Gasteiger partial charge on any atom is 0.224 e. The minimum atomic E-state index is 0.0610. The molecule has 0 aromatic rings. The molecule has 2 atom stereocenters. The van der Waals surface area contributed by atoms with Gasteiger partial charge in [0.15, 0.2) is 0 Å². The molecule has 3 nitrogen and oxygen atoms in total. The number of carbonyl (C=O) groups excluding carboxylic acids is 1. The van der Waals surface area contributed by atoms with Gasteiger partial charge in [-0.1, -0.05) is 39.0 Å². The highest BCUT2D eigenvalue weighted by atomic mass is 16.2. The maximum atomic E-state index is 12.4. The van der Waals surface area contributed by atoms with Gasteiger partial charge in [-0.15, -0.1) is 0 Å². The zero-order valence-corrected chi connectivity index (χ0v) is 13.1. The summed E-state index contributed by atoms with van der Waals surface area (Å²) in [6.07, 6.45) is 13.1. The van der Waals surface area contributed by atoms with E-state index in [1.165, 1.54) is 51.4 Å². The Morgan fingerprint density at radius 1 is 1.05 bits per heavy atom.